The molecule has 1 aromatic heterocycles. The van der Waals surface area contributed by atoms with Crippen LogP contribution in [0, 0.1) is 6.92 Å². The van der Waals surface area contributed by atoms with Crippen molar-refractivity contribution < 1.29 is 9.53 Å². The van der Waals surface area contributed by atoms with E-state index in [1.165, 1.54) is 22.0 Å². The summed E-state index contributed by atoms with van der Waals surface area (Å²) in [6.07, 6.45) is 3.90. The fourth-order valence-corrected chi connectivity index (χ4v) is 3.29. The van der Waals surface area contributed by atoms with Crippen LogP contribution in [-0.4, -0.2) is 48.3 Å². The lowest BCUT2D eigenvalue weighted by atomic mass is 10.1. The average Bonchev–Trinajstić information content (AvgIpc) is 3.16. The zero-order chi connectivity index (χ0) is 16.2. The SMILES string of the molecule is CCOC(=O)N1CCC(NCCc2c[nH]c3c(C)cccc23)C1. The molecule has 2 aromatic rings. The van der Waals surface area contributed by atoms with Crippen LogP contribution in [-0.2, 0) is 11.2 Å². The van der Waals surface area contributed by atoms with Gasteiger partial charge in [0.1, 0.15) is 0 Å². The molecule has 2 N–H and O–H groups in total. The van der Waals surface area contributed by atoms with Gasteiger partial charge in [-0.2, -0.15) is 0 Å². The van der Waals surface area contributed by atoms with Gasteiger partial charge in [0, 0.05) is 36.2 Å². The van der Waals surface area contributed by atoms with Crippen molar-refractivity contribution in [1.82, 2.24) is 15.2 Å². The van der Waals surface area contributed by atoms with E-state index in [0.29, 0.717) is 12.6 Å². The van der Waals surface area contributed by atoms with E-state index >= 15 is 0 Å². The third kappa shape index (κ3) is 3.50. The number of amides is 1. The van der Waals surface area contributed by atoms with Crippen molar-refractivity contribution in [2.45, 2.75) is 32.7 Å². The Kier molecular flexibility index (Phi) is 4.86. The number of ether oxygens (including phenoxy) is 1. The van der Waals surface area contributed by atoms with Gasteiger partial charge in [0.05, 0.1) is 6.61 Å². The summed E-state index contributed by atoms with van der Waals surface area (Å²) in [4.78, 5) is 16.9. The number of para-hydroxylation sites is 1. The number of fused-ring (bicyclic) bond motifs is 1. The number of likely N-dealkylation sites (tertiary alicyclic amines) is 1. The lowest BCUT2D eigenvalue weighted by molar-refractivity contribution is 0.115. The average molecular weight is 315 g/mol. The predicted octanol–water partition coefficient (Wildman–Crippen LogP) is 2.84. The Bertz CT molecular complexity index is 680. The third-order valence-corrected chi connectivity index (χ3v) is 4.55. The first kappa shape index (κ1) is 15.9. The molecule has 1 amide bonds. The van der Waals surface area contributed by atoms with Gasteiger partial charge in [0.15, 0.2) is 0 Å². The molecule has 2 heterocycles. The highest BCUT2D eigenvalue weighted by molar-refractivity contribution is 5.85. The van der Waals surface area contributed by atoms with Crippen molar-refractivity contribution in [3.63, 3.8) is 0 Å². The van der Waals surface area contributed by atoms with E-state index in [1.54, 1.807) is 4.90 Å². The van der Waals surface area contributed by atoms with Gasteiger partial charge in [0.25, 0.3) is 0 Å². The van der Waals surface area contributed by atoms with E-state index < -0.39 is 0 Å². The smallest absolute Gasteiger partial charge is 0.409 e. The number of aryl methyl sites for hydroxylation is 1. The summed E-state index contributed by atoms with van der Waals surface area (Å²) in [5.41, 5.74) is 3.86. The predicted molar refractivity (Wildman–Crippen MR) is 91.7 cm³/mol. The highest BCUT2D eigenvalue weighted by Gasteiger charge is 2.26. The van der Waals surface area contributed by atoms with E-state index in [9.17, 15) is 4.79 Å². The summed E-state index contributed by atoms with van der Waals surface area (Å²) >= 11 is 0. The molecule has 1 aromatic carbocycles. The monoisotopic (exact) mass is 315 g/mol. The molecular weight excluding hydrogens is 290 g/mol. The fourth-order valence-electron chi connectivity index (χ4n) is 3.29. The maximum atomic E-state index is 11.7. The zero-order valence-electron chi connectivity index (χ0n) is 13.9. The van der Waals surface area contributed by atoms with Crippen LogP contribution in [0.15, 0.2) is 24.4 Å². The Labute approximate surface area is 137 Å². The van der Waals surface area contributed by atoms with Crippen LogP contribution < -0.4 is 5.32 Å². The van der Waals surface area contributed by atoms with Crippen molar-refractivity contribution in [2.24, 2.45) is 0 Å². The molecule has 1 saturated heterocycles. The van der Waals surface area contributed by atoms with Gasteiger partial charge in [-0.1, -0.05) is 18.2 Å². The number of nitrogens with one attached hydrogen (secondary N) is 2. The highest BCUT2D eigenvalue weighted by atomic mass is 16.6. The highest BCUT2D eigenvalue weighted by Crippen LogP contribution is 2.21. The lowest BCUT2D eigenvalue weighted by Crippen LogP contribution is -2.36. The quantitative estimate of drug-likeness (QED) is 0.892. The van der Waals surface area contributed by atoms with Gasteiger partial charge in [0.2, 0.25) is 0 Å². The Morgan fingerprint density at radius 1 is 1.48 bits per heavy atom. The van der Waals surface area contributed by atoms with Crippen LogP contribution in [0.4, 0.5) is 4.79 Å². The maximum Gasteiger partial charge on any atom is 0.409 e. The van der Waals surface area contributed by atoms with Crippen molar-refractivity contribution in [3.8, 4) is 0 Å². The minimum atomic E-state index is -0.191. The summed E-state index contributed by atoms with van der Waals surface area (Å²) in [6, 6.07) is 6.78. The van der Waals surface area contributed by atoms with Gasteiger partial charge in [-0.05, 0) is 44.4 Å². The summed E-state index contributed by atoms with van der Waals surface area (Å²) in [7, 11) is 0. The zero-order valence-corrected chi connectivity index (χ0v) is 13.9. The standard InChI is InChI=1S/C18H25N3O2/c1-3-23-18(22)21-10-8-15(12-21)19-9-7-14-11-20-17-13(2)5-4-6-16(14)17/h4-6,11,15,19-20H,3,7-10,12H2,1-2H3. The minimum absolute atomic E-state index is 0.191. The summed E-state index contributed by atoms with van der Waals surface area (Å²) in [5.74, 6) is 0. The molecule has 5 heteroatoms. The number of H-pyrrole nitrogens is 1. The number of rotatable bonds is 5. The molecule has 1 aliphatic heterocycles. The van der Waals surface area contributed by atoms with Crippen LogP contribution >= 0.6 is 0 Å². The van der Waals surface area contributed by atoms with Crippen molar-refractivity contribution >= 4 is 17.0 Å². The number of nitrogens with zero attached hydrogens (tertiary/aromatic N) is 1. The molecule has 23 heavy (non-hydrogen) atoms. The van der Waals surface area contributed by atoms with Gasteiger partial charge < -0.3 is 19.9 Å². The number of hydrogen-bond acceptors (Lipinski definition) is 3. The van der Waals surface area contributed by atoms with Gasteiger partial charge >= 0.3 is 6.09 Å². The second-order valence-corrected chi connectivity index (χ2v) is 6.15. The number of aromatic nitrogens is 1. The van der Waals surface area contributed by atoms with E-state index in [1.807, 2.05) is 6.92 Å². The lowest BCUT2D eigenvalue weighted by Gasteiger charge is -2.16. The molecule has 1 unspecified atom stereocenters. The molecule has 1 atom stereocenters. The van der Waals surface area contributed by atoms with Gasteiger partial charge in [-0.15, -0.1) is 0 Å². The van der Waals surface area contributed by atoms with E-state index in [0.717, 1.165) is 32.5 Å². The molecule has 0 aliphatic carbocycles. The van der Waals surface area contributed by atoms with Crippen molar-refractivity contribution in [1.29, 1.82) is 0 Å². The molecule has 5 nitrogen and oxygen atoms in total. The number of carbonyl (C=O) groups is 1. The number of aromatic amines is 1. The van der Waals surface area contributed by atoms with E-state index in [2.05, 4.69) is 41.6 Å². The molecule has 0 saturated carbocycles. The van der Waals surface area contributed by atoms with Gasteiger partial charge in [-0.25, -0.2) is 4.79 Å². The first-order valence-electron chi connectivity index (χ1n) is 8.39. The first-order valence-corrected chi connectivity index (χ1v) is 8.39. The van der Waals surface area contributed by atoms with Crippen LogP contribution in [0.1, 0.15) is 24.5 Å². The molecule has 3 rings (SSSR count). The van der Waals surface area contributed by atoms with Crippen LogP contribution in [0.25, 0.3) is 10.9 Å². The molecule has 1 fully saturated rings. The summed E-state index contributed by atoms with van der Waals surface area (Å²) in [6.45, 7) is 6.85. The van der Waals surface area contributed by atoms with E-state index in [-0.39, 0.29) is 6.09 Å². The maximum absolute atomic E-state index is 11.7. The Morgan fingerprint density at radius 3 is 3.17 bits per heavy atom. The summed E-state index contributed by atoms with van der Waals surface area (Å²) in [5, 5.41) is 4.87. The molecule has 124 valence electrons. The van der Waals surface area contributed by atoms with Crippen molar-refractivity contribution in [3.05, 3.63) is 35.5 Å². The van der Waals surface area contributed by atoms with Crippen molar-refractivity contribution in [2.75, 3.05) is 26.2 Å². The molecule has 0 radical (unpaired) electrons. The Morgan fingerprint density at radius 2 is 2.35 bits per heavy atom. The normalized spacial score (nSPS) is 17.8. The Hall–Kier alpha value is -2.01. The molecule has 0 bridgehead atoms. The first-order chi connectivity index (χ1) is 11.2. The molecular formula is C18H25N3O2. The minimum Gasteiger partial charge on any atom is -0.450 e. The van der Waals surface area contributed by atoms with Crippen LogP contribution in [0.5, 0.6) is 0 Å². The fraction of sp³-hybridized carbons (Fsp3) is 0.500. The second kappa shape index (κ2) is 7.04. The van der Waals surface area contributed by atoms with Gasteiger partial charge in [-0.3, -0.25) is 0 Å². The molecule has 0 spiro atoms. The third-order valence-electron chi connectivity index (χ3n) is 4.55. The number of benzene rings is 1. The largest absolute Gasteiger partial charge is 0.450 e. The Balaban J connectivity index is 1.50. The topological polar surface area (TPSA) is 57.4 Å². The number of hydrogen-bond donors (Lipinski definition) is 2. The summed E-state index contributed by atoms with van der Waals surface area (Å²) < 4.78 is 5.05. The number of carbonyl (C=O) groups excluding carboxylic acids is 1. The second-order valence-electron chi connectivity index (χ2n) is 6.15. The van der Waals surface area contributed by atoms with Crippen LogP contribution in [0.2, 0.25) is 0 Å². The van der Waals surface area contributed by atoms with E-state index in [4.69, 9.17) is 4.74 Å². The van der Waals surface area contributed by atoms with Crippen LogP contribution in [0.3, 0.4) is 0 Å². The molecule has 1 aliphatic rings.